The first-order valence-electron chi connectivity index (χ1n) is 9.63. The number of benzene rings is 2. The zero-order valence-corrected chi connectivity index (χ0v) is 18.2. The number of nitrogens with one attached hydrogen (secondary N) is 1. The predicted octanol–water partition coefficient (Wildman–Crippen LogP) is 4.52. The Hall–Kier alpha value is -3.13. The van der Waals surface area contributed by atoms with Gasteiger partial charge >= 0.3 is 0 Å². The molecule has 0 atom stereocenters. The molecular weight excluding hydrogens is 402 g/mol. The normalized spacial score (nSPS) is 11.5. The van der Waals surface area contributed by atoms with Crippen LogP contribution in [-0.2, 0) is 10.0 Å². The number of nitrogens with zero attached hydrogens (tertiary/aromatic N) is 2. The molecule has 0 aliphatic rings. The maximum atomic E-state index is 12.6. The van der Waals surface area contributed by atoms with Crippen LogP contribution in [0.5, 0.6) is 11.5 Å². The van der Waals surface area contributed by atoms with Gasteiger partial charge in [0.15, 0.2) is 0 Å². The van der Waals surface area contributed by atoms with Gasteiger partial charge in [0, 0.05) is 11.8 Å². The van der Waals surface area contributed by atoms with Crippen LogP contribution in [0.15, 0.2) is 65.7 Å². The van der Waals surface area contributed by atoms with Crippen molar-refractivity contribution in [3.63, 3.8) is 0 Å². The Labute approximate surface area is 177 Å². The van der Waals surface area contributed by atoms with E-state index in [-0.39, 0.29) is 23.1 Å². The predicted molar refractivity (Wildman–Crippen MR) is 116 cm³/mol. The molecule has 8 heteroatoms. The fourth-order valence-electron chi connectivity index (χ4n) is 2.75. The summed E-state index contributed by atoms with van der Waals surface area (Å²) < 4.78 is 39.3. The standard InChI is InChI=1S/C22H25N3O4S/c1-15(2)28-17-10-11-21(29-16(3)4)19(14-17)20-12-13-23-22(24-20)25-30(26,27)18-8-6-5-7-9-18/h5-16H,1-4H3,(H,23,24,25). The lowest BCUT2D eigenvalue weighted by Gasteiger charge is -2.17. The van der Waals surface area contributed by atoms with Gasteiger partial charge < -0.3 is 9.47 Å². The Morgan fingerprint density at radius 2 is 1.60 bits per heavy atom. The van der Waals surface area contributed by atoms with Gasteiger partial charge in [0.25, 0.3) is 10.0 Å². The number of aromatic nitrogens is 2. The van der Waals surface area contributed by atoms with E-state index in [0.29, 0.717) is 22.8 Å². The molecule has 0 fully saturated rings. The smallest absolute Gasteiger partial charge is 0.264 e. The lowest BCUT2D eigenvalue weighted by molar-refractivity contribution is 0.235. The molecule has 3 aromatic rings. The molecule has 0 aliphatic heterocycles. The monoisotopic (exact) mass is 427 g/mol. The van der Waals surface area contributed by atoms with E-state index in [2.05, 4.69) is 14.7 Å². The minimum absolute atomic E-state index is 0.00774. The van der Waals surface area contributed by atoms with E-state index in [1.54, 1.807) is 24.3 Å². The van der Waals surface area contributed by atoms with Crippen molar-refractivity contribution in [2.45, 2.75) is 44.8 Å². The second-order valence-corrected chi connectivity index (χ2v) is 8.86. The van der Waals surface area contributed by atoms with Crippen molar-refractivity contribution in [1.82, 2.24) is 9.97 Å². The molecule has 1 N–H and O–H groups in total. The third-order valence-corrected chi connectivity index (χ3v) is 5.24. The molecule has 1 heterocycles. The summed E-state index contributed by atoms with van der Waals surface area (Å²) in [5.74, 6) is 1.26. The van der Waals surface area contributed by atoms with E-state index >= 15 is 0 Å². The van der Waals surface area contributed by atoms with E-state index in [1.807, 2.05) is 45.9 Å². The van der Waals surface area contributed by atoms with Crippen molar-refractivity contribution in [3.05, 3.63) is 60.8 Å². The zero-order chi connectivity index (χ0) is 21.7. The minimum atomic E-state index is -3.80. The van der Waals surface area contributed by atoms with Crippen molar-refractivity contribution in [2.75, 3.05) is 4.72 Å². The number of ether oxygens (including phenoxy) is 2. The summed E-state index contributed by atoms with van der Waals surface area (Å²) >= 11 is 0. The molecule has 0 spiro atoms. The summed E-state index contributed by atoms with van der Waals surface area (Å²) in [6.07, 6.45) is 1.47. The van der Waals surface area contributed by atoms with Crippen molar-refractivity contribution in [3.8, 4) is 22.8 Å². The number of rotatable bonds is 8. The van der Waals surface area contributed by atoms with Gasteiger partial charge in [-0.15, -0.1) is 0 Å². The highest BCUT2D eigenvalue weighted by Gasteiger charge is 2.17. The van der Waals surface area contributed by atoms with Crippen LogP contribution in [0.4, 0.5) is 5.95 Å². The lowest BCUT2D eigenvalue weighted by atomic mass is 10.1. The lowest BCUT2D eigenvalue weighted by Crippen LogP contribution is -2.15. The summed E-state index contributed by atoms with van der Waals surface area (Å²) in [6.45, 7) is 7.75. The molecule has 0 radical (unpaired) electrons. The molecule has 0 bridgehead atoms. The van der Waals surface area contributed by atoms with Crippen molar-refractivity contribution < 1.29 is 17.9 Å². The topological polar surface area (TPSA) is 90.4 Å². The molecule has 0 amide bonds. The van der Waals surface area contributed by atoms with Gasteiger partial charge in [0.05, 0.1) is 22.8 Å². The number of hydrogen-bond donors (Lipinski definition) is 1. The Bertz CT molecular complexity index is 1100. The van der Waals surface area contributed by atoms with Crippen LogP contribution in [0.1, 0.15) is 27.7 Å². The average molecular weight is 428 g/mol. The molecule has 0 aliphatic carbocycles. The largest absolute Gasteiger partial charge is 0.491 e. The molecule has 2 aromatic carbocycles. The second-order valence-electron chi connectivity index (χ2n) is 7.18. The van der Waals surface area contributed by atoms with Crippen LogP contribution in [-0.4, -0.2) is 30.6 Å². The summed E-state index contributed by atoms with van der Waals surface area (Å²) in [4.78, 5) is 8.60. The summed E-state index contributed by atoms with van der Waals surface area (Å²) in [7, 11) is -3.80. The molecular formula is C22H25N3O4S. The van der Waals surface area contributed by atoms with E-state index in [0.717, 1.165) is 0 Å². The maximum Gasteiger partial charge on any atom is 0.264 e. The van der Waals surface area contributed by atoms with E-state index < -0.39 is 10.0 Å². The highest BCUT2D eigenvalue weighted by molar-refractivity contribution is 7.92. The zero-order valence-electron chi connectivity index (χ0n) is 17.4. The van der Waals surface area contributed by atoms with Crippen LogP contribution in [0.2, 0.25) is 0 Å². The number of sulfonamides is 1. The van der Waals surface area contributed by atoms with E-state index in [4.69, 9.17) is 9.47 Å². The fraction of sp³-hybridized carbons (Fsp3) is 0.273. The van der Waals surface area contributed by atoms with Gasteiger partial charge in [0.2, 0.25) is 5.95 Å². The van der Waals surface area contributed by atoms with Gasteiger partial charge in [-0.3, -0.25) is 0 Å². The summed E-state index contributed by atoms with van der Waals surface area (Å²) in [5.41, 5.74) is 1.20. The van der Waals surface area contributed by atoms with E-state index in [1.165, 1.54) is 18.3 Å². The van der Waals surface area contributed by atoms with Gasteiger partial charge in [-0.1, -0.05) is 18.2 Å². The summed E-state index contributed by atoms with van der Waals surface area (Å²) in [6, 6.07) is 15.3. The fourth-order valence-corrected chi connectivity index (χ4v) is 3.72. The first-order valence-corrected chi connectivity index (χ1v) is 11.1. The number of hydrogen-bond acceptors (Lipinski definition) is 6. The minimum Gasteiger partial charge on any atom is -0.491 e. The maximum absolute atomic E-state index is 12.6. The third-order valence-electron chi connectivity index (χ3n) is 3.90. The van der Waals surface area contributed by atoms with Crippen molar-refractivity contribution >= 4 is 16.0 Å². The van der Waals surface area contributed by atoms with Gasteiger partial charge in [-0.2, -0.15) is 0 Å². The third kappa shape index (κ3) is 5.48. The Balaban J connectivity index is 1.98. The Morgan fingerprint density at radius 1 is 0.900 bits per heavy atom. The molecule has 30 heavy (non-hydrogen) atoms. The van der Waals surface area contributed by atoms with Crippen LogP contribution in [0, 0.1) is 0 Å². The first kappa shape index (κ1) is 21.6. The van der Waals surface area contributed by atoms with E-state index in [9.17, 15) is 8.42 Å². The Kier molecular flexibility index (Phi) is 6.56. The SMILES string of the molecule is CC(C)Oc1ccc(OC(C)C)c(-c2ccnc(NS(=O)(=O)c3ccccc3)n2)c1. The quantitative estimate of drug-likeness (QED) is 0.568. The van der Waals surface area contributed by atoms with Crippen LogP contribution in [0.3, 0.4) is 0 Å². The molecule has 7 nitrogen and oxygen atoms in total. The molecule has 0 unspecified atom stereocenters. The molecule has 3 rings (SSSR count). The van der Waals surface area contributed by atoms with Crippen molar-refractivity contribution in [1.29, 1.82) is 0 Å². The number of anilines is 1. The second kappa shape index (κ2) is 9.13. The van der Waals surface area contributed by atoms with Gasteiger partial charge in [-0.05, 0) is 64.1 Å². The highest BCUT2D eigenvalue weighted by atomic mass is 32.2. The van der Waals surface area contributed by atoms with Crippen LogP contribution in [0.25, 0.3) is 11.3 Å². The molecule has 0 saturated heterocycles. The average Bonchev–Trinajstić information content (AvgIpc) is 2.69. The first-order chi connectivity index (χ1) is 14.2. The van der Waals surface area contributed by atoms with Crippen molar-refractivity contribution in [2.24, 2.45) is 0 Å². The molecule has 1 aromatic heterocycles. The highest BCUT2D eigenvalue weighted by Crippen LogP contribution is 2.34. The summed E-state index contributed by atoms with van der Waals surface area (Å²) in [5, 5.41) is 0. The van der Waals surface area contributed by atoms with Crippen LogP contribution >= 0.6 is 0 Å². The molecule has 0 saturated carbocycles. The van der Waals surface area contributed by atoms with Crippen LogP contribution < -0.4 is 14.2 Å². The van der Waals surface area contributed by atoms with Gasteiger partial charge in [0.1, 0.15) is 11.5 Å². The molecule has 158 valence electrons. The Morgan fingerprint density at radius 3 is 2.27 bits per heavy atom. The van der Waals surface area contributed by atoms with Gasteiger partial charge in [-0.25, -0.2) is 23.1 Å².